The summed E-state index contributed by atoms with van der Waals surface area (Å²) in [5, 5.41) is 4.52. The lowest BCUT2D eigenvalue weighted by Gasteiger charge is -2.10. The van der Waals surface area contributed by atoms with Gasteiger partial charge in [-0.2, -0.15) is 0 Å². The van der Waals surface area contributed by atoms with Crippen LogP contribution in [0.4, 0.5) is 0 Å². The molecule has 62 heavy (non-hydrogen) atoms. The van der Waals surface area contributed by atoms with Crippen molar-refractivity contribution >= 4 is 53.3 Å². The molecule has 0 atom stereocenters. The van der Waals surface area contributed by atoms with Crippen molar-refractivity contribution in [2.75, 3.05) is 0 Å². The summed E-state index contributed by atoms with van der Waals surface area (Å²) in [6.07, 6.45) is 0. The Balaban J connectivity index is 1.03. The zero-order valence-electron chi connectivity index (χ0n) is 33.1. The zero-order valence-corrected chi connectivity index (χ0v) is 33.9. The van der Waals surface area contributed by atoms with E-state index in [1.54, 1.807) is 11.3 Å². The average Bonchev–Trinajstić information content (AvgIpc) is 3.90. The predicted octanol–water partition coefficient (Wildman–Crippen LogP) is 13.5. The molecule has 8 aromatic carbocycles. The zero-order chi connectivity index (χ0) is 41.0. The van der Waals surface area contributed by atoms with Gasteiger partial charge in [0.25, 0.3) is 0 Å². The van der Waals surface area contributed by atoms with E-state index in [1.807, 2.05) is 84.9 Å². The second-order valence-electron chi connectivity index (χ2n) is 15.1. The van der Waals surface area contributed by atoms with Crippen molar-refractivity contribution in [1.82, 2.24) is 34.5 Å². The smallest absolute Gasteiger partial charge is 0.165 e. The summed E-state index contributed by atoms with van der Waals surface area (Å²) in [5.74, 6) is 3.74. The van der Waals surface area contributed by atoms with Crippen LogP contribution in [0, 0.1) is 0 Å². The third kappa shape index (κ3) is 6.12. The van der Waals surface area contributed by atoms with E-state index in [9.17, 15) is 0 Å². The van der Waals surface area contributed by atoms with Crippen LogP contribution in [0.25, 0.3) is 116 Å². The van der Waals surface area contributed by atoms with Crippen molar-refractivity contribution in [3.63, 3.8) is 0 Å². The molecule has 0 aliphatic heterocycles. The summed E-state index contributed by atoms with van der Waals surface area (Å²) in [7, 11) is 0. The lowest BCUT2D eigenvalue weighted by molar-refractivity contribution is 1.08. The third-order valence-corrected chi connectivity index (χ3v) is 12.5. The molecule has 7 nitrogen and oxygen atoms in total. The summed E-state index contributed by atoms with van der Waals surface area (Å²) in [4.78, 5) is 30.7. The van der Waals surface area contributed by atoms with Crippen molar-refractivity contribution in [1.29, 1.82) is 0 Å². The van der Waals surface area contributed by atoms with E-state index in [0.29, 0.717) is 34.9 Å². The molecular formula is C54H33N7S. The number of benzene rings is 8. The molecule has 0 radical (unpaired) electrons. The number of nitrogens with zero attached hydrogens (tertiary/aromatic N) is 7. The Labute approximate surface area is 360 Å². The minimum absolute atomic E-state index is 0.606. The number of para-hydroxylation sites is 2. The van der Waals surface area contributed by atoms with Crippen LogP contribution in [0.1, 0.15) is 0 Å². The van der Waals surface area contributed by atoms with E-state index in [0.717, 1.165) is 81.0 Å². The van der Waals surface area contributed by atoms with Crippen LogP contribution >= 0.6 is 11.3 Å². The fraction of sp³-hybridized carbons (Fsp3) is 0. The Bertz CT molecular complexity index is 3570. The quantitative estimate of drug-likeness (QED) is 0.159. The maximum absolute atomic E-state index is 5.29. The van der Waals surface area contributed by atoms with E-state index >= 15 is 0 Å². The summed E-state index contributed by atoms with van der Waals surface area (Å²) in [6.45, 7) is 0. The normalized spacial score (nSPS) is 11.5. The summed E-state index contributed by atoms with van der Waals surface area (Å²) in [6, 6.07) is 68.7. The fourth-order valence-electron chi connectivity index (χ4n) is 8.45. The Hall–Kier alpha value is -8.20. The van der Waals surface area contributed by atoms with Gasteiger partial charge in [0.2, 0.25) is 0 Å². The first-order chi connectivity index (χ1) is 30.7. The highest BCUT2D eigenvalue weighted by molar-refractivity contribution is 7.26. The highest BCUT2D eigenvalue weighted by Crippen LogP contribution is 2.42. The number of rotatable bonds is 7. The maximum atomic E-state index is 5.29. The van der Waals surface area contributed by atoms with Crippen molar-refractivity contribution in [3.8, 4) is 74.0 Å². The van der Waals surface area contributed by atoms with Crippen LogP contribution in [0.5, 0.6) is 0 Å². The van der Waals surface area contributed by atoms with Crippen molar-refractivity contribution in [2.24, 2.45) is 0 Å². The van der Waals surface area contributed by atoms with Gasteiger partial charge in [-0.05, 0) is 36.4 Å². The molecule has 0 spiro atoms. The van der Waals surface area contributed by atoms with Crippen LogP contribution in [-0.2, 0) is 0 Å². The van der Waals surface area contributed by atoms with Crippen LogP contribution in [0.2, 0.25) is 0 Å². The van der Waals surface area contributed by atoms with Crippen LogP contribution in [0.3, 0.4) is 0 Å². The van der Waals surface area contributed by atoms with E-state index in [4.69, 9.17) is 29.9 Å². The van der Waals surface area contributed by atoms with Crippen molar-refractivity contribution in [3.05, 3.63) is 200 Å². The van der Waals surface area contributed by atoms with Gasteiger partial charge in [-0.3, -0.25) is 0 Å². The van der Waals surface area contributed by atoms with Crippen LogP contribution in [0.15, 0.2) is 200 Å². The van der Waals surface area contributed by atoms with Gasteiger partial charge in [0.05, 0.1) is 11.0 Å². The molecule has 12 rings (SSSR count). The molecule has 4 aromatic heterocycles. The number of hydrogen-bond donors (Lipinski definition) is 0. The number of hydrogen-bond acceptors (Lipinski definition) is 7. The molecule has 0 aliphatic carbocycles. The van der Waals surface area contributed by atoms with Crippen molar-refractivity contribution in [2.45, 2.75) is 0 Å². The average molecular weight is 812 g/mol. The molecule has 0 saturated heterocycles. The first-order valence-corrected chi connectivity index (χ1v) is 21.3. The lowest BCUT2D eigenvalue weighted by atomic mass is 10.0. The standard InChI is InChI=1S/C54H33N7S/c1-5-17-34(18-6-1)49-55-50(35-19-7-2-8-20-35)59-54(58-49)43-28-15-26-40-39-32-31-37(33-46(39)62-48(40)43)52-56-51(36-21-9-3-10-22-36)57-53(60-52)42-27-16-30-45-47(42)41-25-13-14-29-44(41)61(45)38-23-11-4-12-24-38/h1-33H. The van der Waals surface area contributed by atoms with Crippen LogP contribution in [-0.4, -0.2) is 34.5 Å². The highest BCUT2D eigenvalue weighted by atomic mass is 32.1. The van der Waals surface area contributed by atoms with Crippen molar-refractivity contribution < 1.29 is 0 Å². The predicted molar refractivity (Wildman–Crippen MR) is 253 cm³/mol. The monoisotopic (exact) mass is 811 g/mol. The van der Waals surface area contributed by atoms with Gasteiger partial charge in [-0.15, -0.1) is 11.3 Å². The molecule has 0 aliphatic rings. The van der Waals surface area contributed by atoms with Gasteiger partial charge >= 0.3 is 0 Å². The molecule has 0 bridgehead atoms. The molecule has 290 valence electrons. The van der Waals surface area contributed by atoms with Gasteiger partial charge in [0.15, 0.2) is 34.9 Å². The summed E-state index contributed by atoms with van der Waals surface area (Å²) in [5.41, 5.74) is 8.92. The number of fused-ring (bicyclic) bond motifs is 6. The molecule has 0 amide bonds. The molecule has 4 heterocycles. The SMILES string of the molecule is c1ccc(-c2nc(-c3ccccc3)nc(-c3cccc4c3sc3cc(-c5nc(-c6ccccc6)nc(-c6cccc7c6c6ccccc6n7-c6ccccc6)n5)ccc34)n2)cc1. The van der Waals surface area contributed by atoms with Gasteiger partial charge < -0.3 is 4.57 Å². The van der Waals surface area contributed by atoms with Gasteiger partial charge in [-0.25, -0.2) is 29.9 Å². The molecule has 12 aromatic rings. The second kappa shape index (κ2) is 14.8. The molecule has 0 unspecified atom stereocenters. The van der Waals surface area contributed by atoms with E-state index in [1.165, 1.54) is 0 Å². The van der Waals surface area contributed by atoms with Gasteiger partial charge in [-0.1, -0.05) is 164 Å². The van der Waals surface area contributed by atoms with Crippen LogP contribution < -0.4 is 0 Å². The Morgan fingerprint density at radius 1 is 0.323 bits per heavy atom. The summed E-state index contributed by atoms with van der Waals surface area (Å²) >= 11 is 1.73. The number of thiophene rings is 1. The first-order valence-electron chi connectivity index (χ1n) is 20.5. The van der Waals surface area contributed by atoms with E-state index < -0.39 is 0 Å². The first kappa shape index (κ1) is 35.7. The molecule has 0 fully saturated rings. The Morgan fingerprint density at radius 2 is 0.790 bits per heavy atom. The number of aromatic nitrogens is 7. The molecule has 0 saturated carbocycles. The fourth-order valence-corrected chi connectivity index (χ4v) is 9.70. The third-order valence-electron chi connectivity index (χ3n) is 11.3. The van der Waals surface area contributed by atoms with Gasteiger partial charge in [0.1, 0.15) is 0 Å². The Kier molecular flexibility index (Phi) is 8.53. The largest absolute Gasteiger partial charge is 0.309 e. The maximum Gasteiger partial charge on any atom is 0.165 e. The van der Waals surface area contributed by atoms with E-state index in [2.05, 4.69) is 120 Å². The molecular weight excluding hydrogens is 779 g/mol. The summed E-state index contributed by atoms with van der Waals surface area (Å²) < 4.78 is 4.54. The molecule has 8 heteroatoms. The second-order valence-corrected chi connectivity index (χ2v) is 16.1. The minimum Gasteiger partial charge on any atom is -0.309 e. The highest BCUT2D eigenvalue weighted by Gasteiger charge is 2.21. The lowest BCUT2D eigenvalue weighted by Crippen LogP contribution is -2.00. The molecule has 0 N–H and O–H groups in total. The minimum atomic E-state index is 0.606. The topological polar surface area (TPSA) is 82.3 Å². The Morgan fingerprint density at radius 3 is 1.42 bits per heavy atom. The van der Waals surface area contributed by atoms with E-state index in [-0.39, 0.29) is 0 Å². The van der Waals surface area contributed by atoms with Gasteiger partial charge in [0, 0.05) is 70.0 Å².